The van der Waals surface area contributed by atoms with Gasteiger partial charge in [0.1, 0.15) is 11.5 Å². The van der Waals surface area contributed by atoms with Crippen LogP contribution in [0.15, 0.2) is 24.3 Å². The van der Waals surface area contributed by atoms with Crippen molar-refractivity contribution in [1.82, 2.24) is 9.55 Å². The van der Waals surface area contributed by atoms with Crippen molar-refractivity contribution in [2.24, 2.45) is 7.05 Å². The van der Waals surface area contributed by atoms with Crippen LogP contribution >= 0.6 is 0 Å². The monoisotopic (exact) mass is 450 g/mol. The SMILES string of the molecule is CCOc1ccc(N)c2c(CC)c(C)[nH]c12.CCOc1ccc(N)c2c(CC)c(C)n(C)c12. The molecule has 5 N–H and O–H groups in total. The number of nitrogens with one attached hydrogen (secondary N) is 1. The van der Waals surface area contributed by atoms with Crippen molar-refractivity contribution in [3.63, 3.8) is 0 Å². The Morgan fingerprint density at radius 2 is 1.33 bits per heavy atom. The standard InChI is InChI=1S/C14H20N2O.C13H18N2O/c1-5-10-9(3)16(4)14-12(17-6-2)8-7-11(15)13(10)14;1-4-9-8(3)15-13-11(16-5-2)7-6-10(14)12(9)13/h7-8H,5-6,15H2,1-4H3;6-7,15H,4-5,14H2,1-3H3. The molecule has 0 spiro atoms. The number of hydrogen-bond donors (Lipinski definition) is 3. The molecule has 0 saturated heterocycles. The second-order valence-corrected chi connectivity index (χ2v) is 8.20. The summed E-state index contributed by atoms with van der Waals surface area (Å²) in [5.41, 5.74) is 21.0. The van der Waals surface area contributed by atoms with Crippen molar-refractivity contribution in [3.8, 4) is 11.5 Å². The third-order valence-corrected chi connectivity index (χ3v) is 6.32. The van der Waals surface area contributed by atoms with Gasteiger partial charge in [0.25, 0.3) is 0 Å². The first-order chi connectivity index (χ1) is 15.8. The molecule has 178 valence electrons. The maximum atomic E-state index is 6.11. The first-order valence-corrected chi connectivity index (χ1v) is 11.8. The largest absolute Gasteiger partial charge is 0.492 e. The van der Waals surface area contributed by atoms with E-state index in [9.17, 15) is 0 Å². The van der Waals surface area contributed by atoms with Crippen LogP contribution in [0.1, 0.15) is 50.2 Å². The lowest BCUT2D eigenvalue weighted by Crippen LogP contribution is -1.97. The molecule has 6 nitrogen and oxygen atoms in total. The summed E-state index contributed by atoms with van der Waals surface area (Å²) in [6.07, 6.45) is 1.97. The van der Waals surface area contributed by atoms with Crippen LogP contribution in [-0.4, -0.2) is 22.8 Å². The summed E-state index contributed by atoms with van der Waals surface area (Å²) in [7, 11) is 2.07. The Labute approximate surface area is 196 Å². The Kier molecular flexibility index (Phi) is 7.46. The minimum atomic E-state index is 0.665. The highest BCUT2D eigenvalue weighted by Crippen LogP contribution is 2.36. The van der Waals surface area contributed by atoms with E-state index >= 15 is 0 Å². The lowest BCUT2D eigenvalue weighted by molar-refractivity contribution is 0.343. The summed E-state index contributed by atoms with van der Waals surface area (Å²) in [6.45, 7) is 13.8. The van der Waals surface area contributed by atoms with Crippen molar-refractivity contribution in [2.75, 3.05) is 24.7 Å². The number of nitrogens with two attached hydrogens (primary N) is 2. The van der Waals surface area contributed by atoms with Gasteiger partial charge in [-0.05, 0) is 75.9 Å². The van der Waals surface area contributed by atoms with Gasteiger partial charge in [0.2, 0.25) is 0 Å². The van der Waals surface area contributed by atoms with Crippen LogP contribution in [0.25, 0.3) is 21.8 Å². The molecule has 0 fully saturated rings. The maximum absolute atomic E-state index is 6.11. The smallest absolute Gasteiger partial charge is 0.143 e. The predicted molar refractivity (Wildman–Crippen MR) is 141 cm³/mol. The molecular formula is C27H38N4O2. The van der Waals surface area contributed by atoms with Gasteiger partial charge in [-0.15, -0.1) is 0 Å². The Morgan fingerprint density at radius 1 is 0.788 bits per heavy atom. The van der Waals surface area contributed by atoms with Crippen LogP contribution in [-0.2, 0) is 19.9 Å². The number of aromatic nitrogens is 2. The molecule has 0 aliphatic rings. The number of aromatic amines is 1. The van der Waals surface area contributed by atoms with Gasteiger partial charge in [-0.25, -0.2) is 0 Å². The zero-order chi connectivity index (χ0) is 24.3. The minimum absolute atomic E-state index is 0.665. The van der Waals surface area contributed by atoms with Crippen LogP contribution in [0.5, 0.6) is 11.5 Å². The third kappa shape index (κ3) is 4.34. The number of benzene rings is 2. The van der Waals surface area contributed by atoms with Gasteiger partial charge in [0.05, 0.1) is 24.2 Å². The topological polar surface area (TPSA) is 91.2 Å². The summed E-state index contributed by atoms with van der Waals surface area (Å²) >= 11 is 0. The van der Waals surface area contributed by atoms with E-state index < -0.39 is 0 Å². The van der Waals surface area contributed by atoms with Crippen LogP contribution in [0, 0.1) is 13.8 Å². The fourth-order valence-electron chi connectivity index (χ4n) is 4.71. The first kappa shape index (κ1) is 24.4. The van der Waals surface area contributed by atoms with E-state index in [-0.39, 0.29) is 0 Å². The molecule has 0 saturated carbocycles. The van der Waals surface area contributed by atoms with Gasteiger partial charge in [0.15, 0.2) is 0 Å². The number of nitrogens with zero attached hydrogens (tertiary/aromatic N) is 1. The molecule has 6 heteroatoms. The molecule has 2 heterocycles. The number of anilines is 2. The van der Waals surface area contributed by atoms with Crippen molar-refractivity contribution < 1.29 is 9.47 Å². The summed E-state index contributed by atoms with van der Waals surface area (Å²) in [5, 5.41) is 2.27. The Balaban J connectivity index is 0.000000186. The van der Waals surface area contributed by atoms with E-state index in [1.807, 2.05) is 38.1 Å². The van der Waals surface area contributed by atoms with Crippen LogP contribution in [0.3, 0.4) is 0 Å². The van der Waals surface area contributed by atoms with Crippen LogP contribution in [0.2, 0.25) is 0 Å². The Bertz CT molecular complexity index is 1270. The van der Waals surface area contributed by atoms with E-state index in [1.165, 1.54) is 22.5 Å². The summed E-state index contributed by atoms with van der Waals surface area (Å²) in [4.78, 5) is 3.37. The second kappa shape index (κ2) is 10.1. The normalized spacial score (nSPS) is 11.0. The second-order valence-electron chi connectivity index (χ2n) is 8.20. The molecule has 4 rings (SSSR count). The number of rotatable bonds is 6. The maximum Gasteiger partial charge on any atom is 0.143 e. The highest BCUT2D eigenvalue weighted by atomic mass is 16.5. The van der Waals surface area contributed by atoms with Crippen molar-refractivity contribution in [1.29, 1.82) is 0 Å². The zero-order valence-electron chi connectivity index (χ0n) is 21.1. The number of ether oxygens (including phenoxy) is 2. The average Bonchev–Trinajstić information content (AvgIpc) is 3.27. The highest BCUT2D eigenvalue weighted by molar-refractivity contribution is 5.99. The molecule has 0 atom stereocenters. The van der Waals surface area contributed by atoms with Crippen LogP contribution < -0.4 is 20.9 Å². The fourth-order valence-corrected chi connectivity index (χ4v) is 4.71. The summed E-state index contributed by atoms with van der Waals surface area (Å²) in [6, 6.07) is 7.74. The van der Waals surface area contributed by atoms with E-state index in [2.05, 4.69) is 44.3 Å². The van der Waals surface area contributed by atoms with E-state index in [0.29, 0.717) is 13.2 Å². The number of nitrogen functional groups attached to an aromatic ring is 2. The average molecular weight is 451 g/mol. The number of fused-ring (bicyclic) bond motifs is 2. The molecule has 33 heavy (non-hydrogen) atoms. The zero-order valence-corrected chi connectivity index (χ0v) is 21.1. The van der Waals surface area contributed by atoms with Gasteiger partial charge in [-0.3, -0.25) is 0 Å². The molecule has 0 unspecified atom stereocenters. The molecule has 0 radical (unpaired) electrons. The summed E-state index contributed by atoms with van der Waals surface area (Å²) in [5.74, 6) is 1.80. The van der Waals surface area contributed by atoms with E-state index in [0.717, 1.165) is 57.5 Å². The fraction of sp³-hybridized carbons (Fsp3) is 0.407. The predicted octanol–water partition coefficient (Wildman–Crippen LogP) is 6.05. The lowest BCUT2D eigenvalue weighted by Gasteiger charge is -2.08. The molecule has 2 aromatic heterocycles. The lowest BCUT2D eigenvalue weighted by atomic mass is 10.1. The van der Waals surface area contributed by atoms with E-state index in [1.54, 1.807) is 0 Å². The molecule has 0 aliphatic carbocycles. The summed E-state index contributed by atoms with van der Waals surface area (Å²) < 4.78 is 13.5. The first-order valence-electron chi connectivity index (χ1n) is 11.8. The van der Waals surface area contributed by atoms with Crippen molar-refractivity contribution in [3.05, 3.63) is 46.8 Å². The number of H-pyrrole nitrogens is 1. The molecule has 0 bridgehead atoms. The van der Waals surface area contributed by atoms with Gasteiger partial charge in [-0.2, -0.15) is 0 Å². The van der Waals surface area contributed by atoms with E-state index in [4.69, 9.17) is 20.9 Å². The third-order valence-electron chi connectivity index (χ3n) is 6.32. The molecule has 0 aliphatic heterocycles. The highest BCUT2D eigenvalue weighted by Gasteiger charge is 2.17. The Morgan fingerprint density at radius 3 is 1.91 bits per heavy atom. The van der Waals surface area contributed by atoms with Gasteiger partial charge in [-0.1, -0.05) is 13.8 Å². The molecular weight excluding hydrogens is 412 g/mol. The number of hydrogen-bond acceptors (Lipinski definition) is 4. The van der Waals surface area contributed by atoms with Crippen molar-refractivity contribution >= 4 is 33.2 Å². The van der Waals surface area contributed by atoms with Gasteiger partial charge >= 0.3 is 0 Å². The van der Waals surface area contributed by atoms with Crippen molar-refractivity contribution in [2.45, 2.75) is 54.4 Å². The van der Waals surface area contributed by atoms with Gasteiger partial charge < -0.3 is 30.5 Å². The molecule has 2 aromatic carbocycles. The minimum Gasteiger partial charge on any atom is -0.492 e. The Hall–Kier alpha value is -3.28. The van der Waals surface area contributed by atoms with Crippen LogP contribution in [0.4, 0.5) is 11.4 Å². The molecule has 4 aromatic rings. The molecule has 0 amide bonds. The number of aryl methyl sites for hydroxylation is 4. The van der Waals surface area contributed by atoms with Gasteiger partial charge in [0, 0.05) is 40.6 Å². The quantitative estimate of drug-likeness (QED) is 0.312.